The number of methoxy groups -OCH3 is 1. The van der Waals surface area contributed by atoms with Crippen LogP contribution in [0.25, 0.3) is 0 Å². The first-order chi connectivity index (χ1) is 9.82. The van der Waals surface area contributed by atoms with Crippen molar-refractivity contribution in [1.82, 2.24) is 4.31 Å². The molecule has 0 fully saturated rings. The summed E-state index contributed by atoms with van der Waals surface area (Å²) in [4.78, 5) is -0.0234. The van der Waals surface area contributed by atoms with Crippen molar-refractivity contribution in [3.8, 4) is 0 Å². The van der Waals surface area contributed by atoms with E-state index in [2.05, 4.69) is 0 Å². The summed E-state index contributed by atoms with van der Waals surface area (Å²) in [6.45, 7) is 4.14. The molecule has 0 heterocycles. The third-order valence-electron chi connectivity index (χ3n) is 2.94. The minimum absolute atomic E-state index is 0.0234. The molecule has 120 valence electrons. The average Bonchev–Trinajstić information content (AvgIpc) is 2.43. The number of rotatable bonds is 8. The van der Waals surface area contributed by atoms with Gasteiger partial charge >= 0.3 is 0 Å². The van der Waals surface area contributed by atoms with E-state index in [-0.39, 0.29) is 29.5 Å². The Balaban J connectivity index is 3.14. The van der Waals surface area contributed by atoms with E-state index in [9.17, 15) is 12.8 Å². The molecular weight excluding hydrogens is 297 g/mol. The van der Waals surface area contributed by atoms with Crippen LogP contribution in [-0.2, 0) is 21.4 Å². The zero-order valence-electron chi connectivity index (χ0n) is 12.5. The molecule has 5 nitrogen and oxygen atoms in total. The fraction of sp³-hybridized carbons (Fsp3) is 0.571. The number of aliphatic hydroxyl groups excluding tert-OH is 1. The lowest BCUT2D eigenvalue weighted by molar-refractivity contribution is 0.175. The quantitative estimate of drug-likeness (QED) is 0.790. The summed E-state index contributed by atoms with van der Waals surface area (Å²) in [5.74, 6) is -0.474. The van der Waals surface area contributed by atoms with Crippen molar-refractivity contribution < 1.29 is 22.7 Å². The topological polar surface area (TPSA) is 66.8 Å². The second kappa shape index (κ2) is 7.84. The van der Waals surface area contributed by atoms with Crippen LogP contribution < -0.4 is 0 Å². The third kappa shape index (κ3) is 4.74. The van der Waals surface area contributed by atoms with Crippen LogP contribution in [0.1, 0.15) is 19.4 Å². The lowest BCUT2D eigenvalue weighted by Crippen LogP contribution is -2.36. The van der Waals surface area contributed by atoms with Crippen molar-refractivity contribution in [3.63, 3.8) is 0 Å². The Labute approximate surface area is 125 Å². The molecule has 0 bridgehead atoms. The van der Waals surface area contributed by atoms with Gasteiger partial charge in [0.05, 0.1) is 18.1 Å². The number of ether oxygens (including phenoxy) is 1. The molecule has 1 aromatic rings. The zero-order chi connectivity index (χ0) is 16.0. The molecule has 0 saturated heterocycles. The van der Waals surface area contributed by atoms with Gasteiger partial charge in [-0.15, -0.1) is 0 Å². The number of halogens is 1. The van der Waals surface area contributed by atoms with Gasteiger partial charge in [0, 0.05) is 25.8 Å². The Morgan fingerprint density at radius 1 is 1.38 bits per heavy atom. The maximum Gasteiger partial charge on any atom is 0.243 e. The molecule has 0 saturated carbocycles. The van der Waals surface area contributed by atoms with Gasteiger partial charge in [-0.3, -0.25) is 0 Å². The molecule has 1 rings (SSSR count). The van der Waals surface area contributed by atoms with Crippen LogP contribution in [-0.4, -0.2) is 44.6 Å². The molecule has 0 aliphatic carbocycles. The van der Waals surface area contributed by atoms with Crippen molar-refractivity contribution in [2.24, 2.45) is 5.92 Å². The highest BCUT2D eigenvalue weighted by atomic mass is 32.2. The summed E-state index contributed by atoms with van der Waals surface area (Å²) in [6.07, 6.45) is 0. The number of sulfonamides is 1. The first kappa shape index (κ1) is 18.0. The van der Waals surface area contributed by atoms with E-state index in [0.29, 0.717) is 6.54 Å². The predicted molar refractivity (Wildman–Crippen MR) is 77.8 cm³/mol. The first-order valence-electron chi connectivity index (χ1n) is 6.71. The Kier molecular flexibility index (Phi) is 6.73. The van der Waals surface area contributed by atoms with Crippen LogP contribution >= 0.6 is 0 Å². The lowest BCUT2D eigenvalue weighted by Gasteiger charge is -2.24. The van der Waals surface area contributed by atoms with Crippen LogP contribution in [0.2, 0.25) is 0 Å². The second-order valence-electron chi connectivity index (χ2n) is 5.16. The molecule has 0 aliphatic heterocycles. The van der Waals surface area contributed by atoms with Gasteiger partial charge in [-0.1, -0.05) is 13.8 Å². The van der Waals surface area contributed by atoms with E-state index in [4.69, 9.17) is 9.84 Å². The van der Waals surface area contributed by atoms with Gasteiger partial charge in [0.2, 0.25) is 10.0 Å². The van der Waals surface area contributed by atoms with Crippen molar-refractivity contribution in [1.29, 1.82) is 0 Å². The summed E-state index contributed by atoms with van der Waals surface area (Å²) >= 11 is 0. The van der Waals surface area contributed by atoms with Gasteiger partial charge in [-0.2, -0.15) is 4.31 Å². The van der Waals surface area contributed by atoms with E-state index in [1.54, 1.807) is 0 Å². The van der Waals surface area contributed by atoms with Crippen molar-refractivity contribution in [2.75, 3.05) is 26.8 Å². The van der Waals surface area contributed by atoms with Gasteiger partial charge in [-0.25, -0.2) is 12.8 Å². The highest BCUT2D eigenvalue weighted by molar-refractivity contribution is 7.89. The fourth-order valence-corrected chi connectivity index (χ4v) is 3.53. The maximum atomic E-state index is 13.4. The normalized spacial score (nSPS) is 12.3. The number of aliphatic hydroxyl groups is 1. The van der Waals surface area contributed by atoms with Crippen LogP contribution in [0, 0.1) is 11.7 Å². The van der Waals surface area contributed by atoms with Crippen LogP contribution in [0.4, 0.5) is 4.39 Å². The summed E-state index contributed by atoms with van der Waals surface area (Å²) in [5.41, 5.74) is -0.0349. The molecule has 0 unspecified atom stereocenters. The molecule has 1 N–H and O–H groups in total. The molecule has 0 amide bonds. The first-order valence-corrected chi connectivity index (χ1v) is 8.15. The van der Waals surface area contributed by atoms with Gasteiger partial charge < -0.3 is 9.84 Å². The number of hydrogen-bond acceptors (Lipinski definition) is 4. The van der Waals surface area contributed by atoms with Gasteiger partial charge in [0.1, 0.15) is 5.82 Å². The molecule has 0 spiro atoms. The van der Waals surface area contributed by atoms with Gasteiger partial charge in [0.25, 0.3) is 0 Å². The SMILES string of the molecule is COCCN(CC(C)C)S(=O)(=O)c1ccc(F)c(CO)c1. The molecule has 0 atom stereocenters. The monoisotopic (exact) mass is 319 g/mol. The van der Waals surface area contributed by atoms with E-state index in [0.717, 1.165) is 6.07 Å². The summed E-state index contributed by atoms with van der Waals surface area (Å²) < 4.78 is 44.9. The highest BCUT2D eigenvalue weighted by Gasteiger charge is 2.25. The second-order valence-corrected chi connectivity index (χ2v) is 7.10. The lowest BCUT2D eigenvalue weighted by atomic mass is 10.2. The molecule has 7 heteroatoms. The predicted octanol–water partition coefficient (Wildman–Crippen LogP) is 1.61. The summed E-state index contributed by atoms with van der Waals surface area (Å²) in [7, 11) is -2.24. The largest absolute Gasteiger partial charge is 0.392 e. The van der Waals surface area contributed by atoms with Crippen molar-refractivity contribution in [2.45, 2.75) is 25.3 Å². The number of hydrogen-bond donors (Lipinski definition) is 1. The Morgan fingerprint density at radius 2 is 2.05 bits per heavy atom. The average molecular weight is 319 g/mol. The van der Waals surface area contributed by atoms with Crippen LogP contribution in [0.5, 0.6) is 0 Å². The minimum atomic E-state index is -3.74. The van der Waals surface area contributed by atoms with Crippen LogP contribution in [0.3, 0.4) is 0 Å². The molecular formula is C14H22FNO4S. The molecule has 0 aliphatic rings. The maximum absolute atomic E-state index is 13.4. The molecule has 0 radical (unpaired) electrons. The third-order valence-corrected chi connectivity index (χ3v) is 4.80. The van der Waals surface area contributed by atoms with E-state index in [1.165, 1.54) is 23.5 Å². The Hall–Kier alpha value is -1.02. The molecule has 0 aromatic heterocycles. The number of benzene rings is 1. The Morgan fingerprint density at radius 3 is 2.57 bits per heavy atom. The van der Waals surface area contributed by atoms with E-state index < -0.39 is 22.4 Å². The minimum Gasteiger partial charge on any atom is -0.392 e. The van der Waals surface area contributed by atoms with E-state index in [1.807, 2.05) is 13.8 Å². The highest BCUT2D eigenvalue weighted by Crippen LogP contribution is 2.20. The standard InChI is InChI=1S/C14H22FNO4S/c1-11(2)9-16(6-7-20-3)21(18,19)13-4-5-14(15)12(8-13)10-17/h4-5,8,11,17H,6-7,9-10H2,1-3H3. The fourth-order valence-electron chi connectivity index (χ4n) is 1.89. The summed E-state index contributed by atoms with van der Waals surface area (Å²) in [5, 5.41) is 9.07. The Bertz CT molecular complexity index is 560. The van der Waals surface area contributed by atoms with Crippen LogP contribution in [0.15, 0.2) is 23.1 Å². The number of nitrogens with zero attached hydrogens (tertiary/aromatic N) is 1. The van der Waals surface area contributed by atoms with Gasteiger partial charge in [0.15, 0.2) is 0 Å². The smallest absolute Gasteiger partial charge is 0.243 e. The van der Waals surface area contributed by atoms with E-state index >= 15 is 0 Å². The molecule has 1 aromatic carbocycles. The van der Waals surface area contributed by atoms with Crippen molar-refractivity contribution in [3.05, 3.63) is 29.6 Å². The molecule has 21 heavy (non-hydrogen) atoms. The zero-order valence-corrected chi connectivity index (χ0v) is 13.4. The van der Waals surface area contributed by atoms with Crippen molar-refractivity contribution >= 4 is 10.0 Å². The summed E-state index contributed by atoms with van der Waals surface area (Å²) in [6, 6.07) is 3.44. The van der Waals surface area contributed by atoms with Gasteiger partial charge in [-0.05, 0) is 24.1 Å².